The number of benzene rings is 1. The number of hydrogen-bond acceptors (Lipinski definition) is 6. The minimum Gasteiger partial charge on any atom is -0.301 e. The van der Waals surface area contributed by atoms with Gasteiger partial charge in [0.2, 0.25) is 11.0 Å². The molecular formula is C14H11BrN4O3S. The van der Waals surface area contributed by atoms with Crippen LogP contribution < -0.4 is 5.32 Å². The smallest absolute Gasteiger partial charge is 0.261 e. The van der Waals surface area contributed by atoms with E-state index in [1.165, 1.54) is 11.2 Å². The fourth-order valence-electron chi connectivity index (χ4n) is 2.27. The van der Waals surface area contributed by atoms with Crippen LogP contribution in [-0.4, -0.2) is 38.5 Å². The van der Waals surface area contributed by atoms with Crippen LogP contribution in [0.4, 0.5) is 5.13 Å². The number of imide groups is 1. The Labute approximate surface area is 144 Å². The van der Waals surface area contributed by atoms with Gasteiger partial charge in [0.15, 0.2) is 0 Å². The summed E-state index contributed by atoms with van der Waals surface area (Å²) in [7, 11) is 0. The summed E-state index contributed by atoms with van der Waals surface area (Å²) >= 11 is 4.37. The highest BCUT2D eigenvalue weighted by Gasteiger charge is 2.35. The highest BCUT2D eigenvalue weighted by Crippen LogP contribution is 2.26. The lowest BCUT2D eigenvalue weighted by atomic mass is 10.1. The van der Waals surface area contributed by atoms with Crippen molar-refractivity contribution in [3.8, 4) is 0 Å². The Morgan fingerprint density at radius 3 is 2.78 bits per heavy atom. The molecule has 1 aromatic heterocycles. The number of rotatable bonds is 5. The van der Waals surface area contributed by atoms with Crippen LogP contribution in [0, 0.1) is 0 Å². The molecule has 0 saturated carbocycles. The first-order valence-corrected chi connectivity index (χ1v) is 8.35. The highest BCUT2D eigenvalue weighted by atomic mass is 79.9. The Morgan fingerprint density at radius 1 is 1.26 bits per heavy atom. The number of amides is 3. The molecule has 0 spiro atoms. The van der Waals surface area contributed by atoms with Gasteiger partial charge in [0, 0.05) is 29.0 Å². The molecule has 0 unspecified atom stereocenters. The van der Waals surface area contributed by atoms with Crippen molar-refractivity contribution in [1.29, 1.82) is 0 Å². The van der Waals surface area contributed by atoms with Crippen molar-refractivity contribution < 1.29 is 14.4 Å². The molecule has 3 rings (SSSR count). The fraction of sp³-hybridized carbons (Fsp3) is 0.214. The maximum atomic E-state index is 12.3. The summed E-state index contributed by atoms with van der Waals surface area (Å²) < 4.78 is 4.53. The van der Waals surface area contributed by atoms with Crippen LogP contribution in [-0.2, 0) is 4.79 Å². The van der Waals surface area contributed by atoms with E-state index in [4.69, 9.17) is 0 Å². The average molecular weight is 395 g/mol. The van der Waals surface area contributed by atoms with E-state index in [2.05, 4.69) is 30.6 Å². The zero-order valence-corrected chi connectivity index (χ0v) is 14.2. The summed E-state index contributed by atoms with van der Waals surface area (Å²) in [6.45, 7) is 0.202. The Hall–Kier alpha value is -2.13. The summed E-state index contributed by atoms with van der Waals surface area (Å²) in [5.74, 6) is -0.862. The zero-order valence-electron chi connectivity index (χ0n) is 11.8. The SMILES string of the molecule is O=C(CCCN1C(=O)c2ccc(Br)cc2C1=O)Nc1ncns1. The molecule has 2 aromatic rings. The molecule has 9 heteroatoms. The number of fused-ring (bicyclic) bond motifs is 1. The normalized spacial score (nSPS) is 13.3. The van der Waals surface area contributed by atoms with E-state index in [-0.39, 0.29) is 30.7 Å². The largest absolute Gasteiger partial charge is 0.301 e. The van der Waals surface area contributed by atoms with E-state index < -0.39 is 0 Å². The Morgan fingerprint density at radius 2 is 2.04 bits per heavy atom. The Bertz CT molecular complexity index is 778. The molecule has 7 nitrogen and oxygen atoms in total. The molecule has 1 N–H and O–H groups in total. The molecule has 0 saturated heterocycles. The van der Waals surface area contributed by atoms with Gasteiger partial charge in [-0.25, -0.2) is 4.98 Å². The van der Waals surface area contributed by atoms with E-state index in [1.807, 2.05) is 0 Å². The second-order valence-corrected chi connectivity index (χ2v) is 6.55. The first-order chi connectivity index (χ1) is 11.1. The first kappa shape index (κ1) is 15.8. The van der Waals surface area contributed by atoms with Gasteiger partial charge in [0.25, 0.3) is 11.8 Å². The van der Waals surface area contributed by atoms with Gasteiger partial charge in [-0.15, -0.1) is 0 Å². The van der Waals surface area contributed by atoms with Gasteiger partial charge in [-0.3, -0.25) is 19.3 Å². The molecule has 0 bridgehead atoms. The molecule has 23 heavy (non-hydrogen) atoms. The van der Waals surface area contributed by atoms with Crippen molar-refractivity contribution in [3.05, 3.63) is 40.1 Å². The fourth-order valence-corrected chi connectivity index (χ4v) is 3.08. The number of carbonyl (C=O) groups excluding carboxylic acids is 3. The maximum Gasteiger partial charge on any atom is 0.261 e. The molecule has 1 aliphatic heterocycles. The second kappa shape index (κ2) is 6.55. The van der Waals surface area contributed by atoms with Gasteiger partial charge < -0.3 is 5.32 Å². The molecule has 2 heterocycles. The minimum atomic E-state index is -0.323. The molecule has 1 aromatic carbocycles. The lowest BCUT2D eigenvalue weighted by Gasteiger charge is -2.13. The molecule has 0 atom stereocenters. The topological polar surface area (TPSA) is 92.3 Å². The predicted molar refractivity (Wildman–Crippen MR) is 87.3 cm³/mol. The lowest BCUT2D eigenvalue weighted by molar-refractivity contribution is -0.116. The molecule has 3 amide bonds. The van der Waals surface area contributed by atoms with Gasteiger partial charge in [-0.05, 0) is 24.6 Å². The van der Waals surface area contributed by atoms with Crippen LogP contribution in [0.5, 0.6) is 0 Å². The van der Waals surface area contributed by atoms with Crippen molar-refractivity contribution in [1.82, 2.24) is 14.3 Å². The third kappa shape index (κ3) is 3.30. The number of nitrogens with one attached hydrogen (secondary N) is 1. The average Bonchev–Trinajstić information content (AvgIpc) is 3.10. The van der Waals surface area contributed by atoms with E-state index >= 15 is 0 Å². The second-order valence-electron chi connectivity index (χ2n) is 4.85. The van der Waals surface area contributed by atoms with Crippen LogP contribution >= 0.6 is 27.5 Å². The summed E-state index contributed by atoms with van der Waals surface area (Å²) in [5, 5.41) is 3.04. The summed E-state index contributed by atoms with van der Waals surface area (Å²) in [6, 6.07) is 4.99. The van der Waals surface area contributed by atoms with E-state index in [9.17, 15) is 14.4 Å². The number of nitrogens with zero attached hydrogens (tertiary/aromatic N) is 3. The van der Waals surface area contributed by atoms with Gasteiger partial charge in [0.1, 0.15) is 6.33 Å². The molecule has 0 aliphatic carbocycles. The Balaban J connectivity index is 1.56. The van der Waals surface area contributed by atoms with Crippen molar-refractivity contribution >= 4 is 50.3 Å². The van der Waals surface area contributed by atoms with Crippen molar-refractivity contribution in [2.75, 3.05) is 11.9 Å². The first-order valence-electron chi connectivity index (χ1n) is 6.78. The third-order valence-electron chi connectivity index (χ3n) is 3.33. The van der Waals surface area contributed by atoms with Crippen LogP contribution in [0.15, 0.2) is 29.0 Å². The van der Waals surface area contributed by atoms with Gasteiger partial charge in [-0.2, -0.15) is 4.37 Å². The highest BCUT2D eigenvalue weighted by molar-refractivity contribution is 9.10. The third-order valence-corrected chi connectivity index (χ3v) is 4.40. The van der Waals surface area contributed by atoms with Gasteiger partial charge >= 0.3 is 0 Å². The molecular weight excluding hydrogens is 384 g/mol. The van der Waals surface area contributed by atoms with Crippen LogP contribution in [0.1, 0.15) is 33.6 Å². The Kier molecular flexibility index (Phi) is 4.49. The van der Waals surface area contributed by atoms with E-state index in [0.29, 0.717) is 22.7 Å². The number of halogens is 1. The van der Waals surface area contributed by atoms with Crippen molar-refractivity contribution in [2.45, 2.75) is 12.8 Å². The monoisotopic (exact) mass is 394 g/mol. The number of aromatic nitrogens is 2. The van der Waals surface area contributed by atoms with Crippen molar-refractivity contribution in [2.24, 2.45) is 0 Å². The quantitative estimate of drug-likeness (QED) is 0.785. The molecule has 118 valence electrons. The lowest BCUT2D eigenvalue weighted by Crippen LogP contribution is -2.31. The van der Waals surface area contributed by atoms with E-state index in [0.717, 1.165) is 16.0 Å². The zero-order chi connectivity index (χ0) is 16.4. The van der Waals surface area contributed by atoms with Crippen LogP contribution in [0.3, 0.4) is 0 Å². The number of anilines is 1. The summed E-state index contributed by atoms with van der Waals surface area (Å²) in [6.07, 6.45) is 1.94. The van der Waals surface area contributed by atoms with E-state index in [1.54, 1.807) is 18.2 Å². The summed E-state index contributed by atoms with van der Waals surface area (Å²) in [4.78, 5) is 41.3. The molecule has 1 aliphatic rings. The van der Waals surface area contributed by atoms with Crippen molar-refractivity contribution in [3.63, 3.8) is 0 Å². The number of hydrogen-bond donors (Lipinski definition) is 1. The predicted octanol–water partition coefficient (Wildman–Crippen LogP) is 2.32. The number of carbonyl (C=O) groups is 3. The summed E-state index contributed by atoms with van der Waals surface area (Å²) in [5.41, 5.74) is 0.791. The molecule has 0 radical (unpaired) electrons. The van der Waals surface area contributed by atoms with Crippen LogP contribution in [0.25, 0.3) is 0 Å². The van der Waals surface area contributed by atoms with Gasteiger partial charge in [-0.1, -0.05) is 15.9 Å². The minimum absolute atomic E-state index is 0.191. The maximum absolute atomic E-state index is 12.3. The van der Waals surface area contributed by atoms with Gasteiger partial charge in [0.05, 0.1) is 11.1 Å². The van der Waals surface area contributed by atoms with Crippen LogP contribution in [0.2, 0.25) is 0 Å². The molecule has 0 fully saturated rings. The standard InChI is InChI=1S/C14H11BrN4O3S/c15-8-3-4-9-10(6-8)13(22)19(12(9)21)5-1-2-11(20)18-14-16-7-17-23-14/h3-4,6-7H,1-2,5H2,(H,16,17,18,20).